The highest BCUT2D eigenvalue weighted by atomic mass is 16.2. The van der Waals surface area contributed by atoms with Gasteiger partial charge in [0, 0.05) is 19.1 Å². The fraction of sp³-hybridized carbons (Fsp3) is 0.812. The summed E-state index contributed by atoms with van der Waals surface area (Å²) in [5.74, 6) is 0.949. The van der Waals surface area contributed by atoms with Crippen molar-refractivity contribution in [3.05, 3.63) is 11.9 Å². The van der Waals surface area contributed by atoms with Crippen LogP contribution in [-0.2, 0) is 6.54 Å². The standard InChI is InChI=1S/C16H29N5O/c1-12(2)8-9-21-11-15(19-20-21)16(22)18-14(10-17)13-6-4-3-5-7-13/h11-14H,3-10,17H2,1-2H3,(H,18,22). The average Bonchev–Trinajstić information content (AvgIpc) is 3.00. The van der Waals surface area contributed by atoms with Crippen LogP contribution in [0, 0.1) is 11.8 Å². The number of rotatable bonds is 7. The minimum absolute atomic E-state index is 0.0496. The first-order valence-electron chi connectivity index (χ1n) is 8.51. The van der Waals surface area contributed by atoms with Crippen molar-refractivity contribution in [3.8, 4) is 0 Å². The molecule has 1 aromatic rings. The van der Waals surface area contributed by atoms with Gasteiger partial charge in [-0.1, -0.05) is 38.3 Å². The van der Waals surface area contributed by atoms with Gasteiger partial charge in [0.05, 0.1) is 6.20 Å². The highest BCUT2D eigenvalue weighted by Gasteiger charge is 2.25. The van der Waals surface area contributed by atoms with E-state index in [9.17, 15) is 4.79 Å². The third kappa shape index (κ3) is 4.80. The number of aromatic nitrogens is 3. The van der Waals surface area contributed by atoms with E-state index in [0.717, 1.165) is 25.8 Å². The highest BCUT2D eigenvalue weighted by Crippen LogP contribution is 2.26. The number of carbonyl (C=O) groups excluding carboxylic acids is 1. The zero-order valence-corrected chi connectivity index (χ0v) is 13.8. The Labute approximate surface area is 132 Å². The molecule has 1 aliphatic carbocycles. The fourth-order valence-electron chi connectivity index (χ4n) is 3.05. The van der Waals surface area contributed by atoms with Gasteiger partial charge in [-0.25, -0.2) is 0 Å². The van der Waals surface area contributed by atoms with Crippen LogP contribution in [0.2, 0.25) is 0 Å². The lowest BCUT2D eigenvalue weighted by Gasteiger charge is -2.29. The summed E-state index contributed by atoms with van der Waals surface area (Å²) in [5.41, 5.74) is 6.25. The second-order valence-electron chi connectivity index (χ2n) is 6.76. The van der Waals surface area contributed by atoms with Gasteiger partial charge in [-0.05, 0) is 31.1 Å². The van der Waals surface area contributed by atoms with Gasteiger partial charge in [0.15, 0.2) is 5.69 Å². The predicted molar refractivity (Wildman–Crippen MR) is 86.4 cm³/mol. The van der Waals surface area contributed by atoms with E-state index in [0.29, 0.717) is 24.1 Å². The maximum atomic E-state index is 12.3. The summed E-state index contributed by atoms with van der Waals surface area (Å²) in [4.78, 5) is 12.3. The SMILES string of the molecule is CC(C)CCn1cc(C(=O)NC(CN)C2CCCCC2)nn1. The summed E-state index contributed by atoms with van der Waals surface area (Å²) < 4.78 is 1.74. The molecule has 6 heteroatoms. The Hall–Kier alpha value is -1.43. The van der Waals surface area contributed by atoms with E-state index >= 15 is 0 Å². The summed E-state index contributed by atoms with van der Waals surface area (Å²) in [5, 5.41) is 11.1. The van der Waals surface area contributed by atoms with E-state index < -0.39 is 0 Å². The van der Waals surface area contributed by atoms with Gasteiger partial charge in [-0.15, -0.1) is 5.10 Å². The van der Waals surface area contributed by atoms with Crippen LogP contribution in [0.1, 0.15) is 62.9 Å². The van der Waals surface area contributed by atoms with E-state index in [2.05, 4.69) is 29.5 Å². The van der Waals surface area contributed by atoms with Crippen molar-refractivity contribution in [2.45, 2.75) is 65.0 Å². The molecule has 1 fully saturated rings. The smallest absolute Gasteiger partial charge is 0.273 e. The first-order valence-corrected chi connectivity index (χ1v) is 8.51. The molecule has 1 heterocycles. The Morgan fingerprint density at radius 1 is 1.41 bits per heavy atom. The van der Waals surface area contributed by atoms with E-state index in [-0.39, 0.29) is 11.9 Å². The van der Waals surface area contributed by atoms with Gasteiger partial charge in [-0.3, -0.25) is 9.48 Å². The first kappa shape index (κ1) is 16.9. The van der Waals surface area contributed by atoms with E-state index in [1.807, 2.05) is 0 Å². The van der Waals surface area contributed by atoms with Crippen molar-refractivity contribution in [3.63, 3.8) is 0 Å². The number of carbonyl (C=O) groups is 1. The topological polar surface area (TPSA) is 85.8 Å². The minimum Gasteiger partial charge on any atom is -0.346 e. The lowest BCUT2D eigenvalue weighted by atomic mass is 9.84. The molecule has 1 atom stereocenters. The number of nitrogens with zero attached hydrogens (tertiary/aromatic N) is 3. The van der Waals surface area contributed by atoms with Crippen molar-refractivity contribution in [1.82, 2.24) is 20.3 Å². The van der Waals surface area contributed by atoms with Crippen molar-refractivity contribution in [2.24, 2.45) is 17.6 Å². The Morgan fingerprint density at radius 2 is 2.14 bits per heavy atom. The molecule has 6 nitrogen and oxygen atoms in total. The van der Waals surface area contributed by atoms with Crippen LogP contribution in [-0.4, -0.2) is 33.5 Å². The molecule has 2 rings (SSSR count). The van der Waals surface area contributed by atoms with Crippen LogP contribution in [0.3, 0.4) is 0 Å². The van der Waals surface area contributed by atoms with E-state index in [4.69, 9.17) is 5.73 Å². The van der Waals surface area contributed by atoms with Crippen molar-refractivity contribution in [1.29, 1.82) is 0 Å². The van der Waals surface area contributed by atoms with Crippen LogP contribution < -0.4 is 11.1 Å². The number of nitrogens with two attached hydrogens (primary N) is 1. The summed E-state index contributed by atoms with van der Waals surface area (Å²) in [7, 11) is 0. The normalized spacial score (nSPS) is 17.6. The molecule has 0 bridgehead atoms. The van der Waals surface area contributed by atoms with Crippen LogP contribution in [0.25, 0.3) is 0 Å². The lowest BCUT2D eigenvalue weighted by Crippen LogP contribution is -2.46. The molecule has 1 aromatic heterocycles. The zero-order chi connectivity index (χ0) is 15.9. The Kier molecular flexibility index (Phi) is 6.36. The molecule has 0 radical (unpaired) electrons. The summed E-state index contributed by atoms with van der Waals surface area (Å²) in [6.45, 7) is 5.61. The molecule has 0 spiro atoms. The fourth-order valence-corrected chi connectivity index (χ4v) is 3.05. The van der Waals surface area contributed by atoms with Crippen LogP contribution in [0.15, 0.2) is 6.20 Å². The van der Waals surface area contributed by atoms with Crippen molar-refractivity contribution in [2.75, 3.05) is 6.54 Å². The summed E-state index contributed by atoms with van der Waals surface area (Å²) in [6, 6.07) is 0.0496. The molecule has 1 unspecified atom stereocenters. The molecule has 1 amide bonds. The molecular weight excluding hydrogens is 278 g/mol. The quantitative estimate of drug-likeness (QED) is 0.806. The lowest BCUT2D eigenvalue weighted by molar-refractivity contribution is 0.0910. The van der Waals surface area contributed by atoms with Gasteiger partial charge in [0.2, 0.25) is 0 Å². The van der Waals surface area contributed by atoms with Gasteiger partial charge < -0.3 is 11.1 Å². The maximum absolute atomic E-state index is 12.3. The van der Waals surface area contributed by atoms with E-state index in [1.54, 1.807) is 10.9 Å². The largest absolute Gasteiger partial charge is 0.346 e. The van der Waals surface area contributed by atoms with Crippen molar-refractivity contribution >= 4 is 5.91 Å². The maximum Gasteiger partial charge on any atom is 0.273 e. The Bertz CT molecular complexity index is 465. The molecule has 0 aromatic carbocycles. The Morgan fingerprint density at radius 3 is 2.77 bits per heavy atom. The number of hydrogen-bond acceptors (Lipinski definition) is 4. The monoisotopic (exact) mass is 307 g/mol. The highest BCUT2D eigenvalue weighted by molar-refractivity contribution is 5.92. The third-order valence-electron chi connectivity index (χ3n) is 4.50. The molecule has 0 aliphatic heterocycles. The molecule has 3 N–H and O–H groups in total. The second-order valence-corrected chi connectivity index (χ2v) is 6.76. The van der Waals surface area contributed by atoms with Gasteiger partial charge in [0.25, 0.3) is 5.91 Å². The predicted octanol–water partition coefficient (Wildman–Crippen LogP) is 1.96. The minimum atomic E-state index is -0.156. The van der Waals surface area contributed by atoms with Gasteiger partial charge >= 0.3 is 0 Å². The Balaban J connectivity index is 1.89. The van der Waals surface area contributed by atoms with Gasteiger partial charge in [-0.2, -0.15) is 0 Å². The van der Waals surface area contributed by atoms with Crippen LogP contribution in [0.4, 0.5) is 0 Å². The molecular formula is C16H29N5O. The van der Waals surface area contributed by atoms with E-state index in [1.165, 1.54) is 19.3 Å². The average molecular weight is 307 g/mol. The van der Waals surface area contributed by atoms with Crippen molar-refractivity contribution < 1.29 is 4.79 Å². The zero-order valence-electron chi connectivity index (χ0n) is 13.8. The van der Waals surface area contributed by atoms with Crippen LogP contribution >= 0.6 is 0 Å². The number of nitrogens with one attached hydrogen (secondary N) is 1. The van der Waals surface area contributed by atoms with Crippen LogP contribution in [0.5, 0.6) is 0 Å². The second kappa shape index (κ2) is 8.27. The molecule has 1 saturated carbocycles. The van der Waals surface area contributed by atoms with Gasteiger partial charge in [0.1, 0.15) is 0 Å². The summed E-state index contributed by atoms with van der Waals surface area (Å²) in [6.07, 6.45) is 8.84. The first-order chi connectivity index (χ1) is 10.6. The number of hydrogen-bond donors (Lipinski definition) is 2. The summed E-state index contributed by atoms with van der Waals surface area (Å²) >= 11 is 0. The molecule has 22 heavy (non-hydrogen) atoms. The molecule has 0 saturated heterocycles. The number of aryl methyl sites for hydroxylation is 1. The number of amides is 1. The molecule has 124 valence electrons. The third-order valence-corrected chi connectivity index (χ3v) is 4.50. The molecule has 1 aliphatic rings.